The minimum atomic E-state index is 0.690. The fraction of sp³-hybridized carbons (Fsp3) is 0.357. The second-order valence-corrected chi connectivity index (χ2v) is 5.17. The number of benzene rings is 1. The van der Waals surface area contributed by atoms with Gasteiger partial charge in [0.1, 0.15) is 6.26 Å². The summed E-state index contributed by atoms with van der Waals surface area (Å²) < 4.78 is 5.24. The zero-order chi connectivity index (χ0) is 12.8. The molecule has 0 fully saturated rings. The van der Waals surface area contributed by atoms with Gasteiger partial charge in [-0.2, -0.15) is 0 Å². The summed E-state index contributed by atoms with van der Waals surface area (Å²) in [6.07, 6.45) is 4.43. The summed E-state index contributed by atoms with van der Waals surface area (Å²) >= 11 is 1.56. The van der Waals surface area contributed by atoms with Gasteiger partial charge in [-0.1, -0.05) is 19.1 Å². The van der Waals surface area contributed by atoms with Gasteiger partial charge in [-0.05, 0) is 48.8 Å². The molecule has 0 amide bonds. The molecular formula is C14H18N2OS. The Morgan fingerprint density at radius 1 is 1.39 bits per heavy atom. The molecule has 0 aliphatic heterocycles. The highest BCUT2D eigenvalue weighted by atomic mass is 32.2. The van der Waals surface area contributed by atoms with E-state index in [1.807, 2.05) is 0 Å². The monoisotopic (exact) mass is 262 g/mol. The van der Waals surface area contributed by atoms with E-state index in [2.05, 4.69) is 42.3 Å². The Balaban J connectivity index is 2.01. The summed E-state index contributed by atoms with van der Waals surface area (Å²) in [4.78, 5) is 5.31. The Labute approximate surface area is 112 Å². The molecule has 4 heteroatoms. The molecule has 1 N–H and O–H groups in total. The minimum Gasteiger partial charge on any atom is -0.440 e. The van der Waals surface area contributed by atoms with Gasteiger partial charge in [-0.3, -0.25) is 0 Å². The average molecular weight is 262 g/mol. The average Bonchev–Trinajstić information content (AvgIpc) is 2.86. The van der Waals surface area contributed by atoms with Crippen LogP contribution >= 0.6 is 11.8 Å². The summed E-state index contributed by atoms with van der Waals surface area (Å²) in [5, 5.41) is 4.10. The molecule has 2 aromatic rings. The predicted molar refractivity (Wildman–Crippen MR) is 73.8 cm³/mol. The summed E-state index contributed by atoms with van der Waals surface area (Å²) in [6, 6.07) is 6.50. The first-order chi connectivity index (χ1) is 8.79. The van der Waals surface area contributed by atoms with Gasteiger partial charge in [0.25, 0.3) is 5.22 Å². The zero-order valence-corrected chi connectivity index (χ0v) is 11.6. The molecule has 1 heterocycles. The largest absolute Gasteiger partial charge is 0.440 e. The van der Waals surface area contributed by atoms with Crippen molar-refractivity contribution in [3.05, 3.63) is 41.8 Å². The number of rotatable bonds is 6. The number of aryl methyl sites for hydroxylation is 1. The van der Waals surface area contributed by atoms with E-state index in [9.17, 15) is 0 Å². The molecule has 0 radical (unpaired) electrons. The van der Waals surface area contributed by atoms with Gasteiger partial charge in [-0.25, -0.2) is 4.98 Å². The van der Waals surface area contributed by atoms with Crippen LogP contribution in [0.2, 0.25) is 0 Å². The van der Waals surface area contributed by atoms with Crippen molar-refractivity contribution >= 4 is 11.8 Å². The van der Waals surface area contributed by atoms with Crippen molar-refractivity contribution in [2.45, 2.75) is 36.9 Å². The Kier molecular flexibility index (Phi) is 4.84. The molecular weight excluding hydrogens is 244 g/mol. The van der Waals surface area contributed by atoms with Crippen LogP contribution in [-0.2, 0) is 6.54 Å². The standard InChI is InChI=1S/C14H18N2OS/c1-3-6-15-10-12-4-5-13(11(2)9-12)18-14-16-7-8-17-14/h4-5,7-9,15H,3,6,10H2,1-2H3. The predicted octanol–water partition coefficient (Wildman–Crippen LogP) is 3.63. The summed E-state index contributed by atoms with van der Waals surface area (Å²) in [5.74, 6) is 0. The Morgan fingerprint density at radius 2 is 2.28 bits per heavy atom. The molecule has 1 aromatic carbocycles. The van der Waals surface area contributed by atoms with Crippen molar-refractivity contribution in [1.29, 1.82) is 0 Å². The van der Waals surface area contributed by atoms with Gasteiger partial charge in [0.2, 0.25) is 0 Å². The van der Waals surface area contributed by atoms with E-state index in [1.165, 1.54) is 16.0 Å². The van der Waals surface area contributed by atoms with Gasteiger partial charge in [0.05, 0.1) is 6.20 Å². The maximum atomic E-state index is 5.24. The fourth-order valence-corrected chi connectivity index (χ4v) is 2.46. The van der Waals surface area contributed by atoms with Crippen molar-refractivity contribution in [2.24, 2.45) is 0 Å². The van der Waals surface area contributed by atoms with Gasteiger partial charge < -0.3 is 9.73 Å². The van der Waals surface area contributed by atoms with Crippen LogP contribution in [0.3, 0.4) is 0 Å². The Bertz CT molecular complexity index is 483. The van der Waals surface area contributed by atoms with E-state index in [4.69, 9.17) is 4.42 Å². The third-order valence-electron chi connectivity index (χ3n) is 2.60. The van der Waals surface area contributed by atoms with Gasteiger partial charge >= 0.3 is 0 Å². The van der Waals surface area contributed by atoms with E-state index in [0.29, 0.717) is 5.22 Å². The minimum absolute atomic E-state index is 0.690. The van der Waals surface area contributed by atoms with Crippen LogP contribution in [-0.4, -0.2) is 11.5 Å². The SMILES string of the molecule is CCCNCc1ccc(Sc2ncco2)c(C)c1. The molecule has 0 spiro atoms. The lowest BCUT2D eigenvalue weighted by Gasteiger charge is -2.07. The zero-order valence-electron chi connectivity index (χ0n) is 10.8. The van der Waals surface area contributed by atoms with Gasteiger partial charge in [0, 0.05) is 11.4 Å². The lowest BCUT2D eigenvalue weighted by Crippen LogP contribution is -2.13. The van der Waals surface area contributed by atoms with Gasteiger partial charge in [-0.15, -0.1) is 0 Å². The number of nitrogens with zero attached hydrogens (tertiary/aromatic N) is 1. The number of aromatic nitrogens is 1. The lowest BCUT2D eigenvalue weighted by atomic mass is 10.1. The first-order valence-corrected chi connectivity index (χ1v) is 6.99. The van der Waals surface area contributed by atoms with E-state index < -0.39 is 0 Å². The van der Waals surface area contributed by atoms with Crippen LogP contribution in [0, 0.1) is 6.92 Å². The van der Waals surface area contributed by atoms with Crippen LogP contribution in [0.25, 0.3) is 0 Å². The second-order valence-electron chi connectivity index (χ2n) is 4.18. The third-order valence-corrected chi connectivity index (χ3v) is 3.66. The second kappa shape index (κ2) is 6.61. The van der Waals surface area contributed by atoms with Gasteiger partial charge in [0.15, 0.2) is 0 Å². The summed E-state index contributed by atoms with van der Waals surface area (Å²) in [5.41, 5.74) is 2.58. The van der Waals surface area contributed by atoms with Crippen molar-refractivity contribution < 1.29 is 4.42 Å². The third kappa shape index (κ3) is 3.62. The Morgan fingerprint density at radius 3 is 2.94 bits per heavy atom. The highest BCUT2D eigenvalue weighted by Crippen LogP contribution is 2.29. The van der Waals surface area contributed by atoms with Crippen LogP contribution in [0.4, 0.5) is 0 Å². The molecule has 0 atom stereocenters. The molecule has 18 heavy (non-hydrogen) atoms. The topological polar surface area (TPSA) is 38.1 Å². The molecule has 0 saturated carbocycles. The molecule has 3 nitrogen and oxygen atoms in total. The van der Waals surface area contributed by atoms with Crippen molar-refractivity contribution in [2.75, 3.05) is 6.54 Å². The van der Waals surface area contributed by atoms with Crippen molar-refractivity contribution in [1.82, 2.24) is 10.3 Å². The van der Waals surface area contributed by atoms with E-state index in [0.717, 1.165) is 19.5 Å². The molecule has 0 unspecified atom stereocenters. The van der Waals surface area contributed by atoms with Crippen LogP contribution < -0.4 is 5.32 Å². The first-order valence-electron chi connectivity index (χ1n) is 6.17. The molecule has 96 valence electrons. The summed E-state index contributed by atoms with van der Waals surface area (Å²) in [7, 11) is 0. The normalized spacial score (nSPS) is 10.8. The first kappa shape index (κ1) is 13.2. The fourth-order valence-electron chi connectivity index (χ4n) is 1.70. The van der Waals surface area contributed by atoms with E-state index in [-0.39, 0.29) is 0 Å². The number of hydrogen-bond acceptors (Lipinski definition) is 4. The maximum absolute atomic E-state index is 5.24. The lowest BCUT2D eigenvalue weighted by molar-refractivity contribution is 0.454. The molecule has 1 aromatic heterocycles. The molecule has 0 aliphatic carbocycles. The maximum Gasteiger partial charge on any atom is 0.260 e. The molecule has 0 saturated heterocycles. The van der Waals surface area contributed by atoms with E-state index >= 15 is 0 Å². The van der Waals surface area contributed by atoms with Crippen LogP contribution in [0.5, 0.6) is 0 Å². The molecule has 0 bridgehead atoms. The highest BCUT2D eigenvalue weighted by molar-refractivity contribution is 7.99. The molecule has 0 aliphatic rings. The van der Waals surface area contributed by atoms with Crippen LogP contribution in [0.1, 0.15) is 24.5 Å². The number of nitrogens with one attached hydrogen (secondary N) is 1. The smallest absolute Gasteiger partial charge is 0.260 e. The van der Waals surface area contributed by atoms with Crippen molar-refractivity contribution in [3.8, 4) is 0 Å². The molecule has 2 rings (SSSR count). The number of hydrogen-bond donors (Lipinski definition) is 1. The van der Waals surface area contributed by atoms with E-state index in [1.54, 1.807) is 24.2 Å². The van der Waals surface area contributed by atoms with Crippen molar-refractivity contribution in [3.63, 3.8) is 0 Å². The van der Waals surface area contributed by atoms with Crippen LogP contribution in [0.15, 0.2) is 45.2 Å². The quantitative estimate of drug-likeness (QED) is 0.807. The number of oxazole rings is 1. The highest BCUT2D eigenvalue weighted by Gasteiger charge is 2.05. The summed E-state index contributed by atoms with van der Waals surface area (Å²) in [6.45, 7) is 6.29. The Hall–Kier alpha value is -1.26.